The molecule has 3 rings (SSSR count). The van der Waals surface area contributed by atoms with E-state index in [-0.39, 0.29) is 5.56 Å². The van der Waals surface area contributed by atoms with E-state index in [1.807, 2.05) is 0 Å². The van der Waals surface area contributed by atoms with Crippen LogP contribution in [0.5, 0.6) is 0 Å². The van der Waals surface area contributed by atoms with Crippen molar-refractivity contribution in [2.45, 2.75) is 50.5 Å². The van der Waals surface area contributed by atoms with Gasteiger partial charge in [-0.25, -0.2) is 4.98 Å². The van der Waals surface area contributed by atoms with Crippen LogP contribution in [0.4, 0.5) is 0 Å². The van der Waals surface area contributed by atoms with E-state index in [0.717, 1.165) is 37.2 Å². The largest absolute Gasteiger partial charge is 0.314 e. The second-order valence-corrected chi connectivity index (χ2v) is 5.24. The molecule has 92 valence electrons. The first-order valence-electron chi connectivity index (χ1n) is 6.64. The monoisotopic (exact) mass is 233 g/mol. The second-order valence-electron chi connectivity index (χ2n) is 5.24. The lowest BCUT2D eigenvalue weighted by Crippen LogP contribution is -2.28. The molecule has 17 heavy (non-hydrogen) atoms. The van der Waals surface area contributed by atoms with Gasteiger partial charge in [0.2, 0.25) is 0 Å². The molecule has 0 spiro atoms. The maximum Gasteiger partial charge on any atom is 0.254 e. The van der Waals surface area contributed by atoms with E-state index in [0.29, 0.717) is 12.0 Å². The number of aromatic nitrogens is 2. The highest BCUT2D eigenvalue weighted by molar-refractivity contribution is 5.15. The Morgan fingerprint density at radius 2 is 2.18 bits per heavy atom. The van der Waals surface area contributed by atoms with Crippen LogP contribution in [-0.4, -0.2) is 22.6 Å². The van der Waals surface area contributed by atoms with Crippen molar-refractivity contribution in [2.75, 3.05) is 6.54 Å². The number of nitrogens with one attached hydrogen (secondary N) is 2. The summed E-state index contributed by atoms with van der Waals surface area (Å²) in [6.07, 6.45) is 8.61. The summed E-state index contributed by atoms with van der Waals surface area (Å²) in [6.45, 7) is 1.09. The van der Waals surface area contributed by atoms with Gasteiger partial charge in [-0.05, 0) is 38.1 Å². The van der Waals surface area contributed by atoms with Gasteiger partial charge in [0, 0.05) is 24.2 Å². The standard InChI is InChI=1S/C13H19N3O/c17-13-11(9-3-1-4-9)8-15-12(16-13)7-10-5-2-6-14-10/h8-10,14H,1-7H2,(H,15,16,17). The van der Waals surface area contributed by atoms with Crippen molar-refractivity contribution in [3.63, 3.8) is 0 Å². The van der Waals surface area contributed by atoms with Crippen LogP contribution in [0, 0.1) is 0 Å². The summed E-state index contributed by atoms with van der Waals surface area (Å²) in [5.41, 5.74) is 0.970. The van der Waals surface area contributed by atoms with E-state index in [4.69, 9.17) is 0 Å². The average Bonchev–Trinajstić information content (AvgIpc) is 2.72. The average molecular weight is 233 g/mol. The summed E-state index contributed by atoms with van der Waals surface area (Å²) in [4.78, 5) is 19.3. The maximum atomic E-state index is 11.9. The molecule has 1 atom stereocenters. The Balaban J connectivity index is 1.73. The lowest BCUT2D eigenvalue weighted by Gasteiger charge is -2.24. The Labute approximate surface area is 101 Å². The lowest BCUT2D eigenvalue weighted by atomic mass is 9.81. The first kappa shape index (κ1) is 11.0. The molecule has 1 aromatic heterocycles. The fourth-order valence-electron chi connectivity index (χ4n) is 2.72. The molecular formula is C13H19N3O. The zero-order valence-corrected chi connectivity index (χ0v) is 10.0. The van der Waals surface area contributed by atoms with E-state index in [1.165, 1.54) is 19.3 Å². The molecule has 1 aliphatic carbocycles. The van der Waals surface area contributed by atoms with Crippen LogP contribution in [0.25, 0.3) is 0 Å². The van der Waals surface area contributed by atoms with Crippen molar-refractivity contribution in [3.8, 4) is 0 Å². The highest BCUT2D eigenvalue weighted by Gasteiger charge is 2.23. The van der Waals surface area contributed by atoms with Crippen LogP contribution in [-0.2, 0) is 6.42 Å². The van der Waals surface area contributed by atoms with Gasteiger partial charge < -0.3 is 10.3 Å². The first-order chi connectivity index (χ1) is 8.33. The van der Waals surface area contributed by atoms with Crippen molar-refractivity contribution in [1.82, 2.24) is 15.3 Å². The normalized spacial score (nSPS) is 24.8. The molecule has 0 aromatic carbocycles. The van der Waals surface area contributed by atoms with E-state index in [1.54, 1.807) is 6.20 Å². The van der Waals surface area contributed by atoms with Crippen molar-refractivity contribution < 1.29 is 0 Å². The third-order valence-corrected chi connectivity index (χ3v) is 4.03. The van der Waals surface area contributed by atoms with E-state index >= 15 is 0 Å². The highest BCUT2D eigenvalue weighted by atomic mass is 16.1. The number of aromatic amines is 1. The van der Waals surface area contributed by atoms with Crippen molar-refractivity contribution in [3.05, 3.63) is 27.9 Å². The molecule has 0 amide bonds. The number of nitrogens with zero attached hydrogens (tertiary/aromatic N) is 1. The smallest absolute Gasteiger partial charge is 0.254 e. The minimum atomic E-state index is 0.0812. The summed E-state index contributed by atoms with van der Waals surface area (Å²) in [5, 5.41) is 3.42. The van der Waals surface area contributed by atoms with Gasteiger partial charge in [0.15, 0.2) is 0 Å². The Bertz CT molecular complexity index is 444. The molecule has 2 fully saturated rings. The van der Waals surface area contributed by atoms with Gasteiger partial charge in [-0.1, -0.05) is 6.42 Å². The minimum Gasteiger partial charge on any atom is -0.314 e. The van der Waals surface area contributed by atoms with Crippen molar-refractivity contribution >= 4 is 0 Å². The van der Waals surface area contributed by atoms with Crippen LogP contribution >= 0.6 is 0 Å². The molecule has 4 heteroatoms. The molecule has 1 saturated heterocycles. The fourth-order valence-corrected chi connectivity index (χ4v) is 2.72. The summed E-state index contributed by atoms with van der Waals surface area (Å²) >= 11 is 0. The van der Waals surface area contributed by atoms with Gasteiger partial charge in [0.05, 0.1) is 0 Å². The summed E-state index contributed by atoms with van der Waals surface area (Å²) < 4.78 is 0. The Morgan fingerprint density at radius 1 is 1.29 bits per heavy atom. The Morgan fingerprint density at radius 3 is 2.76 bits per heavy atom. The molecule has 2 aliphatic rings. The molecule has 1 unspecified atom stereocenters. The Hall–Kier alpha value is -1.16. The van der Waals surface area contributed by atoms with Gasteiger partial charge >= 0.3 is 0 Å². The zero-order chi connectivity index (χ0) is 11.7. The van der Waals surface area contributed by atoms with Gasteiger partial charge in [0.25, 0.3) is 5.56 Å². The predicted octanol–water partition coefficient (Wildman–Crippen LogP) is 1.33. The maximum absolute atomic E-state index is 11.9. The third-order valence-electron chi connectivity index (χ3n) is 4.03. The molecular weight excluding hydrogens is 214 g/mol. The fraction of sp³-hybridized carbons (Fsp3) is 0.692. The van der Waals surface area contributed by atoms with Crippen LogP contribution in [0.2, 0.25) is 0 Å². The summed E-state index contributed by atoms with van der Waals surface area (Å²) in [5.74, 6) is 1.29. The van der Waals surface area contributed by atoms with Gasteiger partial charge in [-0.15, -0.1) is 0 Å². The van der Waals surface area contributed by atoms with E-state index < -0.39 is 0 Å². The SMILES string of the molecule is O=c1[nH]c(CC2CCCN2)ncc1C1CCC1. The summed E-state index contributed by atoms with van der Waals surface area (Å²) in [7, 11) is 0. The van der Waals surface area contributed by atoms with E-state index in [9.17, 15) is 4.79 Å². The number of rotatable bonds is 3. The molecule has 1 aliphatic heterocycles. The zero-order valence-electron chi connectivity index (χ0n) is 10.0. The molecule has 1 aromatic rings. The molecule has 2 heterocycles. The minimum absolute atomic E-state index is 0.0812. The molecule has 4 nitrogen and oxygen atoms in total. The van der Waals surface area contributed by atoms with Gasteiger partial charge in [-0.2, -0.15) is 0 Å². The third kappa shape index (κ3) is 2.27. The Kier molecular flexibility index (Phi) is 2.97. The molecule has 1 saturated carbocycles. The molecule has 0 radical (unpaired) electrons. The van der Waals surface area contributed by atoms with E-state index in [2.05, 4.69) is 15.3 Å². The topological polar surface area (TPSA) is 57.8 Å². The van der Waals surface area contributed by atoms with Crippen LogP contribution in [0.15, 0.2) is 11.0 Å². The van der Waals surface area contributed by atoms with Crippen LogP contribution in [0.3, 0.4) is 0 Å². The van der Waals surface area contributed by atoms with Gasteiger partial charge in [-0.3, -0.25) is 4.79 Å². The van der Waals surface area contributed by atoms with Crippen LogP contribution < -0.4 is 10.9 Å². The number of hydrogen-bond donors (Lipinski definition) is 2. The van der Waals surface area contributed by atoms with Crippen LogP contribution in [0.1, 0.15) is 49.4 Å². The van der Waals surface area contributed by atoms with Crippen molar-refractivity contribution in [2.24, 2.45) is 0 Å². The molecule has 0 bridgehead atoms. The second kappa shape index (κ2) is 4.61. The van der Waals surface area contributed by atoms with Crippen molar-refractivity contribution in [1.29, 1.82) is 0 Å². The molecule has 2 N–H and O–H groups in total. The number of H-pyrrole nitrogens is 1. The van der Waals surface area contributed by atoms with Gasteiger partial charge in [0.1, 0.15) is 5.82 Å². The highest BCUT2D eigenvalue weighted by Crippen LogP contribution is 2.34. The first-order valence-corrected chi connectivity index (χ1v) is 6.64. The summed E-state index contributed by atoms with van der Waals surface area (Å²) in [6, 6.07) is 0.493. The number of hydrogen-bond acceptors (Lipinski definition) is 3. The predicted molar refractivity (Wildman–Crippen MR) is 66.2 cm³/mol. The lowest BCUT2D eigenvalue weighted by molar-refractivity contribution is 0.414. The quantitative estimate of drug-likeness (QED) is 0.828.